The van der Waals surface area contributed by atoms with Crippen LogP contribution in [0.2, 0.25) is 5.02 Å². The summed E-state index contributed by atoms with van der Waals surface area (Å²) >= 11 is 7.75. The SMILES string of the molecule is COc1ccc2cc3cc(C(=O)NCCN4CCOCC4)sc3nc2c1Cl. The van der Waals surface area contributed by atoms with Crippen LogP contribution in [0, 0.1) is 0 Å². The van der Waals surface area contributed by atoms with Gasteiger partial charge >= 0.3 is 0 Å². The van der Waals surface area contributed by atoms with Crippen molar-refractivity contribution in [2.45, 2.75) is 0 Å². The summed E-state index contributed by atoms with van der Waals surface area (Å²) in [5.74, 6) is 0.521. The Hall–Kier alpha value is -1.93. The second-order valence-electron chi connectivity index (χ2n) is 6.36. The smallest absolute Gasteiger partial charge is 0.261 e. The zero-order chi connectivity index (χ0) is 18.8. The molecule has 4 rings (SSSR count). The van der Waals surface area contributed by atoms with Crippen LogP contribution in [0.15, 0.2) is 24.3 Å². The maximum atomic E-state index is 12.5. The molecule has 0 atom stereocenters. The van der Waals surface area contributed by atoms with E-state index in [2.05, 4.69) is 15.2 Å². The Bertz CT molecular complexity index is 985. The van der Waals surface area contributed by atoms with Gasteiger partial charge in [0.05, 0.1) is 30.7 Å². The highest BCUT2D eigenvalue weighted by Gasteiger charge is 2.15. The lowest BCUT2D eigenvalue weighted by Crippen LogP contribution is -2.41. The zero-order valence-corrected chi connectivity index (χ0v) is 16.5. The normalized spacial score (nSPS) is 15.3. The second-order valence-corrected chi connectivity index (χ2v) is 7.77. The van der Waals surface area contributed by atoms with Gasteiger partial charge < -0.3 is 14.8 Å². The molecule has 6 nitrogen and oxygen atoms in total. The minimum atomic E-state index is -0.0704. The number of thiophene rings is 1. The van der Waals surface area contributed by atoms with Gasteiger partial charge in [0.2, 0.25) is 0 Å². The van der Waals surface area contributed by atoms with E-state index in [-0.39, 0.29) is 5.91 Å². The monoisotopic (exact) mass is 405 g/mol. The average molecular weight is 406 g/mol. The predicted molar refractivity (Wildman–Crippen MR) is 108 cm³/mol. The van der Waals surface area contributed by atoms with Crippen LogP contribution in [0.5, 0.6) is 5.75 Å². The molecule has 0 aliphatic carbocycles. The van der Waals surface area contributed by atoms with Gasteiger partial charge in [0.1, 0.15) is 15.6 Å². The minimum Gasteiger partial charge on any atom is -0.495 e. The molecule has 1 N–H and O–H groups in total. The van der Waals surface area contributed by atoms with Gasteiger partial charge in [-0.1, -0.05) is 11.6 Å². The summed E-state index contributed by atoms with van der Waals surface area (Å²) in [5.41, 5.74) is 0.685. The highest BCUT2D eigenvalue weighted by molar-refractivity contribution is 7.20. The van der Waals surface area contributed by atoms with E-state index in [0.29, 0.717) is 27.7 Å². The molecule has 0 bridgehead atoms. The molecule has 1 aromatic carbocycles. The van der Waals surface area contributed by atoms with Crippen LogP contribution < -0.4 is 10.1 Å². The summed E-state index contributed by atoms with van der Waals surface area (Å²) in [7, 11) is 1.58. The Labute approximate surface area is 166 Å². The average Bonchev–Trinajstić information content (AvgIpc) is 3.11. The number of methoxy groups -OCH3 is 1. The summed E-state index contributed by atoms with van der Waals surface area (Å²) in [6.45, 7) is 4.80. The number of carbonyl (C=O) groups excluding carboxylic acids is 1. The van der Waals surface area contributed by atoms with Crippen LogP contribution in [0.3, 0.4) is 0 Å². The van der Waals surface area contributed by atoms with Crippen LogP contribution >= 0.6 is 22.9 Å². The first-order valence-corrected chi connectivity index (χ1v) is 10.0. The van der Waals surface area contributed by atoms with E-state index < -0.39 is 0 Å². The summed E-state index contributed by atoms with van der Waals surface area (Å²) in [4.78, 5) is 20.9. The van der Waals surface area contributed by atoms with Crippen molar-refractivity contribution in [1.29, 1.82) is 0 Å². The number of benzene rings is 1. The zero-order valence-electron chi connectivity index (χ0n) is 15.0. The van der Waals surface area contributed by atoms with Crippen molar-refractivity contribution in [2.75, 3.05) is 46.5 Å². The van der Waals surface area contributed by atoms with E-state index in [0.717, 1.165) is 48.5 Å². The lowest BCUT2D eigenvalue weighted by atomic mass is 10.2. The second kappa shape index (κ2) is 7.98. The third-order valence-electron chi connectivity index (χ3n) is 4.64. The largest absolute Gasteiger partial charge is 0.495 e. The minimum absolute atomic E-state index is 0.0704. The van der Waals surface area contributed by atoms with Crippen LogP contribution in [-0.4, -0.2) is 62.3 Å². The number of amides is 1. The molecule has 1 aliphatic rings. The van der Waals surface area contributed by atoms with E-state index in [1.54, 1.807) is 7.11 Å². The van der Waals surface area contributed by atoms with Gasteiger partial charge in [0, 0.05) is 37.0 Å². The fraction of sp³-hybridized carbons (Fsp3) is 0.368. The number of pyridine rings is 1. The van der Waals surface area contributed by atoms with Gasteiger partial charge in [0.15, 0.2) is 0 Å². The highest BCUT2D eigenvalue weighted by Crippen LogP contribution is 2.35. The predicted octanol–water partition coefficient (Wildman–Crippen LogP) is 3.17. The number of fused-ring (bicyclic) bond motifs is 2. The van der Waals surface area contributed by atoms with Gasteiger partial charge in [-0.15, -0.1) is 11.3 Å². The molecule has 1 aliphatic heterocycles. The fourth-order valence-corrected chi connectivity index (χ4v) is 4.38. The van der Waals surface area contributed by atoms with Crippen molar-refractivity contribution in [3.8, 4) is 5.75 Å². The fourth-order valence-electron chi connectivity index (χ4n) is 3.16. The van der Waals surface area contributed by atoms with Crippen LogP contribution in [0.4, 0.5) is 0 Å². The van der Waals surface area contributed by atoms with Crippen molar-refractivity contribution in [3.05, 3.63) is 34.2 Å². The molecule has 1 amide bonds. The summed E-state index contributed by atoms with van der Waals surface area (Å²) in [6, 6.07) is 7.63. The first-order chi connectivity index (χ1) is 13.2. The van der Waals surface area contributed by atoms with Crippen molar-refractivity contribution in [3.63, 3.8) is 0 Å². The van der Waals surface area contributed by atoms with Gasteiger partial charge in [-0.25, -0.2) is 4.98 Å². The van der Waals surface area contributed by atoms with Crippen LogP contribution in [-0.2, 0) is 4.74 Å². The van der Waals surface area contributed by atoms with Gasteiger partial charge in [-0.05, 0) is 24.3 Å². The Balaban J connectivity index is 1.51. The number of hydrogen-bond acceptors (Lipinski definition) is 6. The molecule has 1 fully saturated rings. The number of hydrogen-bond donors (Lipinski definition) is 1. The molecule has 0 saturated carbocycles. The standard InChI is InChI=1S/C19H20ClN3O3S/c1-25-14-3-2-12-10-13-11-15(27-19(13)22-17(12)16(14)20)18(24)21-4-5-23-6-8-26-9-7-23/h2-3,10-11H,4-9H2,1H3,(H,21,24). The lowest BCUT2D eigenvalue weighted by Gasteiger charge is -2.26. The summed E-state index contributed by atoms with van der Waals surface area (Å²) in [5, 5.41) is 5.34. The number of morpholine rings is 1. The Morgan fingerprint density at radius 1 is 1.33 bits per heavy atom. The molecular weight excluding hydrogens is 386 g/mol. The van der Waals surface area contributed by atoms with Crippen molar-refractivity contribution in [2.24, 2.45) is 0 Å². The maximum Gasteiger partial charge on any atom is 0.261 e. The first kappa shape index (κ1) is 18.4. The number of halogens is 1. The number of carbonyl (C=O) groups is 1. The maximum absolute atomic E-state index is 12.5. The number of nitrogens with one attached hydrogen (secondary N) is 1. The molecule has 3 aromatic rings. The Morgan fingerprint density at radius 2 is 2.15 bits per heavy atom. The van der Waals surface area contributed by atoms with E-state index >= 15 is 0 Å². The molecule has 1 saturated heterocycles. The molecule has 3 heterocycles. The summed E-state index contributed by atoms with van der Waals surface area (Å²) < 4.78 is 10.6. The number of aromatic nitrogens is 1. The number of ether oxygens (including phenoxy) is 2. The quantitative estimate of drug-likeness (QED) is 0.706. The van der Waals surface area contributed by atoms with Gasteiger partial charge in [-0.2, -0.15) is 0 Å². The molecule has 2 aromatic heterocycles. The molecule has 142 valence electrons. The summed E-state index contributed by atoms with van der Waals surface area (Å²) in [6.07, 6.45) is 0. The Kier molecular flexibility index (Phi) is 5.45. The van der Waals surface area contributed by atoms with Gasteiger partial charge in [0.25, 0.3) is 5.91 Å². The topological polar surface area (TPSA) is 63.7 Å². The number of nitrogens with zero attached hydrogens (tertiary/aromatic N) is 2. The van der Waals surface area contributed by atoms with Crippen LogP contribution in [0.1, 0.15) is 9.67 Å². The van der Waals surface area contributed by atoms with Crippen molar-refractivity contribution in [1.82, 2.24) is 15.2 Å². The third kappa shape index (κ3) is 3.87. The molecule has 0 spiro atoms. The highest BCUT2D eigenvalue weighted by atomic mass is 35.5. The van der Waals surface area contributed by atoms with Crippen molar-refractivity contribution >= 4 is 50.0 Å². The van der Waals surface area contributed by atoms with Gasteiger partial charge in [-0.3, -0.25) is 9.69 Å². The molecule has 0 radical (unpaired) electrons. The molecule has 0 unspecified atom stereocenters. The first-order valence-electron chi connectivity index (χ1n) is 8.81. The van der Waals surface area contributed by atoms with E-state index in [4.69, 9.17) is 21.1 Å². The van der Waals surface area contributed by atoms with E-state index in [1.165, 1.54) is 11.3 Å². The number of rotatable bonds is 5. The van der Waals surface area contributed by atoms with E-state index in [1.807, 2.05) is 24.3 Å². The molecule has 27 heavy (non-hydrogen) atoms. The lowest BCUT2D eigenvalue weighted by molar-refractivity contribution is 0.0383. The third-order valence-corrected chi connectivity index (χ3v) is 6.05. The van der Waals surface area contributed by atoms with E-state index in [9.17, 15) is 4.79 Å². The molecule has 8 heteroatoms. The van der Waals surface area contributed by atoms with Crippen LogP contribution in [0.25, 0.3) is 21.1 Å². The Morgan fingerprint density at radius 3 is 2.93 bits per heavy atom. The van der Waals surface area contributed by atoms with Crippen molar-refractivity contribution < 1.29 is 14.3 Å². The molecular formula is C19H20ClN3O3S.